The summed E-state index contributed by atoms with van der Waals surface area (Å²) < 4.78 is 5.61. The minimum absolute atomic E-state index is 0.235. The maximum absolute atomic E-state index is 11.9. The van der Waals surface area contributed by atoms with Crippen LogP contribution in [0.3, 0.4) is 0 Å². The number of urea groups is 1. The molecule has 1 heterocycles. The van der Waals surface area contributed by atoms with Gasteiger partial charge >= 0.3 is 6.03 Å². The number of hydrogen-bond donors (Lipinski definition) is 4. The minimum Gasteiger partial charge on any atom is -0.494 e. The summed E-state index contributed by atoms with van der Waals surface area (Å²) in [6.45, 7) is 4.30. The van der Waals surface area contributed by atoms with Crippen LogP contribution in [0.4, 0.5) is 10.5 Å². The highest BCUT2D eigenvalue weighted by atomic mass is 16.5. The van der Waals surface area contributed by atoms with Crippen LogP contribution in [0.2, 0.25) is 0 Å². The van der Waals surface area contributed by atoms with Crippen LogP contribution in [0.5, 0.6) is 5.75 Å². The van der Waals surface area contributed by atoms with E-state index in [1.165, 1.54) is 0 Å². The Bertz CT molecular complexity index is 487. The number of unbranched alkanes of at least 4 members (excludes halogenated alkanes) is 1. The molecule has 0 saturated carbocycles. The molecule has 0 aliphatic carbocycles. The number of amides is 2. The molecule has 0 aromatic heterocycles. The molecule has 0 bridgehead atoms. The highest BCUT2D eigenvalue weighted by Gasteiger charge is 2.31. The van der Waals surface area contributed by atoms with E-state index in [9.17, 15) is 9.90 Å². The largest absolute Gasteiger partial charge is 0.494 e. The van der Waals surface area contributed by atoms with Crippen molar-refractivity contribution in [2.24, 2.45) is 0 Å². The summed E-state index contributed by atoms with van der Waals surface area (Å²) in [5.41, 5.74) is -0.175. The molecular formula is C16H25N3O3. The number of carbonyl (C=O) groups is 1. The zero-order valence-corrected chi connectivity index (χ0v) is 13.0. The van der Waals surface area contributed by atoms with Gasteiger partial charge in [0.2, 0.25) is 0 Å². The Balaban J connectivity index is 1.79. The highest BCUT2D eigenvalue weighted by Crippen LogP contribution is 2.18. The molecule has 0 radical (unpaired) electrons. The number of ether oxygens (including phenoxy) is 1. The third-order valence-electron chi connectivity index (χ3n) is 3.66. The summed E-state index contributed by atoms with van der Waals surface area (Å²) >= 11 is 0. The van der Waals surface area contributed by atoms with Gasteiger partial charge in [0.15, 0.2) is 0 Å². The molecule has 22 heavy (non-hydrogen) atoms. The predicted octanol–water partition coefficient (Wildman–Crippen LogP) is 1.71. The second kappa shape index (κ2) is 8.00. The molecule has 1 aliphatic rings. The van der Waals surface area contributed by atoms with E-state index >= 15 is 0 Å². The molecule has 1 fully saturated rings. The van der Waals surface area contributed by atoms with E-state index in [0.717, 1.165) is 25.1 Å². The van der Waals surface area contributed by atoms with Crippen molar-refractivity contribution in [2.75, 3.05) is 31.6 Å². The van der Waals surface area contributed by atoms with Crippen molar-refractivity contribution in [2.45, 2.75) is 31.8 Å². The third kappa shape index (κ3) is 5.20. The Morgan fingerprint density at radius 1 is 1.50 bits per heavy atom. The molecule has 2 amide bonds. The molecule has 1 aromatic rings. The second-order valence-electron chi connectivity index (χ2n) is 5.69. The van der Waals surface area contributed by atoms with Crippen molar-refractivity contribution < 1.29 is 14.6 Å². The zero-order valence-electron chi connectivity index (χ0n) is 13.0. The smallest absolute Gasteiger partial charge is 0.319 e. The molecule has 0 spiro atoms. The van der Waals surface area contributed by atoms with Gasteiger partial charge in [0.1, 0.15) is 5.75 Å². The van der Waals surface area contributed by atoms with Crippen LogP contribution in [0.25, 0.3) is 0 Å². The maximum atomic E-state index is 11.9. The molecule has 1 aliphatic heterocycles. The number of β-amino-alcohol motifs (C(OH)–C–C–N with tert-alkyl or cyclic N) is 1. The van der Waals surface area contributed by atoms with Crippen LogP contribution in [0.1, 0.15) is 26.2 Å². The fourth-order valence-electron chi connectivity index (χ4n) is 2.30. The minimum atomic E-state index is -0.845. The third-order valence-corrected chi connectivity index (χ3v) is 3.66. The van der Waals surface area contributed by atoms with Crippen LogP contribution in [-0.2, 0) is 0 Å². The molecule has 6 heteroatoms. The average Bonchev–Trinajstić information content (AvgIpc) is 2.93. The topological polar surface area (TPSA) is 82.6 Å². The number of anilines is 1. The lowest BCUT2D eigenvalue weighted by molar-refractivity contribution is 0.0640. The van der Waals surface area contributed by atoms with Crippen LogP contribution >= 0.6 is 0 Å². The van der Waals surface area contributed by atoms with Crippen molar-refractivity contribution >= 4 is 11.7 Å². The normalized spacial score (nSPS) is 20.6. The summed E-state index contributed by atoms with van der Waals surface area (Å²) in [7, 11) is 0. The van der Waals surface area contributed by atoms with Crippen LogP contribution in [0.15, 0.2) is 24.3 Å². The molecule has 6 nitrogen and oxygen atoms in total. The lowest BCUT2D eigenvalue weighted by Crippen LogP contribution is -2.45. The fourth-order valence-corrected chi connectivity index (χ4v) is 2.30. The lowest BCUT2D eigenvalue weighted by Gasteiger charge is -2.21. The molecule has 2 rings (SSSR count). The summed E-state index contributed by atoms with van der Waals surface area (Å²) in [6, 6.07) is 6.97. The first kappa shape index (κ1) is 16.6. The number of hydrogen-bond acceptors (Lipinski definition) is 4. The standard InChI is InChI=1S/C16H25N3O3/c1-2-3-9-22-14-6-4-5-13(10-14)19-15(20)18-12-16(21)7-8-17-11-16/h4-6,10,17,21H,2-3,7-9,11-12H2,1H3,(H2,18,19,20)/t16-/m0/s1. The van der Waals surface area contributed by atoms with Gasteiger partial charge in [0, 0.05) is 24.8 Å². The van der Waals surface area contributed by atoms with E-state index in [0.29, 0.717) is 25.3 Å². The summed E-state index contributed by atoms with van der Waals surface area (Å²) in [5.74, 6) is 0.741. The van der Waals surface area contributed by atoms with E-state index < -0.39 is 5.60 Å². The van der Waals surface area contributed by atoms with Gasteiger partial charge < -0.3 is 25.8 Å². The van der Waals surface area contributed by atoms with E-state index in [-0.39, 0.29) is 12.6 Å². The molecule has 4 N–H and O–H groups in total. The average molecular weight is 307 g/mol. The zero-order chi connectivity index (χ0) is 15.8. The highest BCUT2D eigenvalue weighted by molar-refractivity contribution is 5.89. The van der Waals surface area contributed by atoms with Crippen LogP contribution in [-0.4, -0.2) is 43.0 Å². The fraction of sp³-hybridized carbons (Fsp3) is 0.562. The van der Waals surface area contributed by atoms with Gasteiger partial charge in [-0.2, -0.15) is 0 Å². The Hall–Kier alpha value is -1.79. The Labute approximate surface area is 131 Å². The molecule has 122 valence electrons. The molecular weight excluding hydrogens is 282 g/mol. The van der Waals surface area contributed by atoms with Gasteiger partial charge in [0.05, 0.1) is 12.2 Å². The second-order valence-corrected chi connectivity index (χ2v) is 5.69. The van der Waals surface area contributed by atoms with E-state index in [1.807, 2.05) is 12.1 Å². The Morgan fingerprint density at radius 2 is 2.36 bits per heavy atom. The van der Waals surface area contributed by atoms with Gasteiger partial charge in [-0.25, -0.2) is 4.79 Å². The molecule has 0 unspecified atom stereocenters. The molecule has 1 atom stereocenters. The van der Waals surface area contributed by atoms with Gasteiger partial charge in [-0.15, -0.1) is 0 Å². The number of nitrogens with one attached hydrogen (secondary N) is 3. The SMILES string of the molecule is CCCCOc1cccc(NC(=O)NC[C@]2(O)CCNC2)c1. The monoisotopic (exact) mass is 307 g/mol. The van der Waals surface area contributed by atoms with Gasteiger partial charge in [-0.05, 0) is 31.5 Å². The van der Waals surface area contributed by atoms with Crippen molar-refractivity contribution in [3.8, 4) is 5.75 Å². The van der Waals surface area contributed by atoms with Crippen LogP contribution in [0, 0.1) is 0 Å². The number of aliphatic hydroxyl groups is 1. The van der Waals surface area contributed by atoms with Gasteiger partial charge in [-0.3, -0.25) is 0 Å². The van der Waals surface area contributed by atoms with Crippen molar-refractivity contribution in [3.63, 3.8) is 0 Å². The van der Waals surface area contributed by atoms with E-state index in [1.54, 1.807) is 12.1 Å². The van der Waals surface area contributed by atoms with Crippen molar-refractivity contribution in [1.82, 2.24) is 10.6 Å². The quantitative estimate of drug-likeness (QED) is 0.578. The first-order chi connectivity index (χ1) is 10.6. The lowest BCUT2D eigenvalue weighted by atomic mass is 10.0. The van der Waals surface area contributed by atoms with Crippen molar-refractivity contribution in [3.05, 3.63) is 24.3 Å². The Kier molecular flexibility index (Phi) is 6.03. The van der Waals surface area contributed by atoms with Gasteiger partial charge in [-0.1, -0.05) is 19.4 Å². The molecule has 1 aromatic carbocycles. The maximum Gasteiger partial charge on any atom is 0.319 e. The first-order valence-corrected chi connectivity index (χ1v) is 7.82. The molecule has 1 saturated heterocycles. The van der Waals surface area contributed by atoms with E-state index in [4.69, 9.17) is 4.74 Å². The van der Waals surface area contributed by atoms with E-state index in [2.05, 4.69) is 22.9 Å². The number of carbonyl (C=O) groups excluding carboxylic acids is 1. The first-order valence-electron chi connectivity index (χ1n) is 7.82. The van der Waals surface area contributed by atoms with Crippen molar-refractivity contribution in [1.29, 1.82) is 0 Å². The summed E-state index contributed by atoms with van der Waals surface area (Å²) in [4.78, 5) is 11.9. The summed E-state index contributed by atoms with van der Waals surface area (Å²) in [5, 5.41) is 18.7. The Morgan fingerprint density at radius 3 is 3.09 bits per heavy atom. The predicted molar refractivity (Wildman–Crippen MR) is 86.3 cm³/mol. The summed E-state index contributed by atoms with van der Waals surface area (Å²) in [6.07, 6.45) is 2.73. The number of benzene rings is 1. The van der Waals surface area contributed by atoms with Crippen LogP contribution < -0.4 is 20.7 Å². The van der Waals surface area contributed by atoms with Gasteiger partial charge in [0.25, 0.3) is 0 Å². The number of rotatable bonds is 7.